The molecule has 0 aliphatic heterocycles. The van der Waals surface area contributed by atoms with Crippen molar-refractivity contribution in [1.29, 1.82) is 0 Å². The van der Waals surface area contributed by atoms with E-state index in [1.807, 2.05) is 0 Å². The number of amides is 1. The van der Waals surface area contributed by atoms with Crippen molar-refractivity contribution in [3.8, 4) is 0 Å². The van der Waals surface area contributed by atoms with Crippen LogP contribution in [0.2, 0.25) is 0 Å². The predicted molar refractivity (Wildman–Crippen MR) is 56.9 cm³/mol. The van der Waals surface area contributed by atoms with Gasteiger partial charge in [0, 0.05) is 13.0 Å². The monoisotopic (exact) mass is 195 g/mol. The molecule has 2 nitrogen and oxygen atoms in total. The Bertz CT molecular complexity index is 208. The molecular weight excluding hydrogens is 174 g/mol. The number of hydrogen-bond acceptors (Lipinski definition) is 1. The molecule has 0 spiro atoms. The van der Waals surface area contributed by atoms with Gasteiger partial charge in [0.2, 0.25) is 5.91 Å². The van der Waals surface area contributed by atoms with Gasteiger partial charge in [-0.25, -0.2) is 0 Å². The molecule has 0 aromatic heterocycles. The lowest BCUT2D eigenvalue weighted by molar-refractivity contribution is -0.120. The number of hydrogen-bond donors (Lipinski definition) is 1. The highest BCUT2D eigenvalue weighted by atomic mass is 16.1. The molecule has 2 aliphatic carbocycles. The van der Waals surface area contributed by atoms with E-state index in [1.54, 1.807) is 6.92 Å². The van der Waals surface area contributed by atoms with E-state index in [2.05, 4.69) is 5.32 Å². The van der Waals surface area contributed by atoms with Gasteiger partial charge in [-0.3, -0.25) is 4.79 Å². The van der Waals surface area contributed by atoms with E-state index in [1.165, 1.54) is 44.9 Å². The lowest BCUT2D eigenvalue weighted by Gasteiger charge is -2.25. The molecule has 0 aromatic carbocycles. The van der Waals surface area contributed by atoms with Crippen LogP contribution in [-0.2, 0) is 4.79 Å². The van der Waals surface area contributed by atoms with Gasteiger partial charge in [0.05, 0.1) is 0 Å². The summed E-state index contributed by atoms with van der Waals surface area (Å²) in [5, 5.41) is 3.13. The van der Waals surface area contributed by atoms with Crippen LogP contribution in [0.15, 0.2) is 0 Å². The summed E-state index contributed by atoms with van der Waals surface area (Å²) in [6.45, 7) is 1.64. The van der Waals surface area contributed by atoms with Crippen LogP contribution in [0.25, 0.3) is 0 Å². The van der Waals surface area contributed by atoms with Gasteiger partial charge in [0.1, 0.15) is 0 Å². The van der Waals surface area contributed by atoms with Crippen molar-refractivity contribution >= 4 is 5.91 Å². The Morgan fingerprint density at radius 2 is 1.79 bits per heavy atom. The average Bonchev–Trinajstić information content (AvgIpc) is 2.70. The highest BCUT2D eigenvalue weighted by Crippen LogP contribution is 2.40. The van der Waals surface area contributed by atoms with Crippen LogP contribution in [0.5, 0.6) is 0 Å². The summed E-state index contributed by atoms with van der Waals surface area (Å²) in [5.74, 6) is 1.86. The van der Waals surface area contributed by atoms with Gasteiger partial charge in [-0.15, -0.1) is 0 Å². The van der Waals surface area contributed by atoms with Crippen molar-refractivity contribution < 1.29 is 4.79 Å². The molecule has 0 radical (unpaired) electrons. The Balaban J connectivity index is 1.92. The summed E-state index contributed by atoms with van der Waals surface area (Å²) in [7, 11) is 0. The van der Waals surface area contributed by atoms with Crippen LogP contribution < -0.4 is 5.32 Å². The molecule has 2 heteroatoms. The summed E-state index contributed by atoms with van der Waals surface area (Å²) in [6.07, 6.45) is 9.49. The third-order valence-corrected chi connectivity index (χ3v) is 3.96. The van der Waals surface area contributed by atoms with E-state index >= 15 is 0 Å². The molecule has 2 aliphatic rings. The van der Waals surface area contributed by atoms with E-state index in [4.69, 9.17) is 0 Å². The SMILES string of the molecule is CC(=O)N[C@H]1CCC[C@@H]1C1CCCC1. The maximum Gasteiger partial charge on any atom is 0.217 e. The molecule has 0 aromatic rings. The molecule has 0 bridgehead atoms. The van der Waals surface area contributed by atoms with Crippen LogP contribution >= 0.6 is 0 Å². The number of carbonyl (C=O) groups is 1. The largest absolute Gasteiger partial charge is 0.353 e. The molecule has 2 fully saturated rings. The van der Waals surface area contributed by atoms with E-state index in [0.717, 1.165) is 11.8 Å². The van der Waals surface area contributed by atoms with Crippen molar-refractivity contribution in [2.45, 2.75) is 57.9 Å². The third kappa shape index (κ3) is 2.10. The fourth-order valence-corrected chi connectivity index (χ4v) is 3.38. The Morgan fingerprint density at radius 3 is 2.43 bits per heavy atom. The van der Waals surface area contributed by atoms with Gasteiger partial charge in [0.25, 0.3) is 0 Å². The molecular formula is C12H21NO. The lowest BCUT2D eigenvalue weighted by atomic mass is 9.87. The Kier molecular flexibility index (Phi) is 3.09. The standard InChI is InChI=1S/C12H21NO/c1-9(14)13-12-8-4-7-11(12)10-5-2-3-6-10/h10-12H,2-8H2,1H3,(H,13,14)/t11-,12+/m1/s1. The topological polar surface area (TPSA) is 29.1 Å². The fourth-order valence-electron chi connectivity index (χ4n) is 3.38. The van der Waals surface area contributed by atoms with Gasteiger partial charge < -0.3 is 5.32 Å². The van der Waals surface area contributed by atoms with E-state index in [0.29, 0.717) is 6.04 Å². The first kappa shape index (κ1) is 10.0. The fraction of sp³-hybridized carbons (Fsp3) is 0.917. The normalized spacial score (nSPS) is 33.5. The third-order valence-electron chi connectivity index (χ3n) is 3.96. The Labute approximate surface area is 86.5 Å². The molecule has 80 valence electrons. The molecule has 2 saturated carbocycles. The number of nitrogens with one attached hydrogen (secondary N) is 1. The zero-order valence-electron chi connectivity index (χ0n) is 9.09. The molecule has 0 saturated heterocycles. The first-order valence-electron chi connectivity index (χ1n) is 6.04. The number of rotatable bonds is 2. The van der Waals surface area contributed by atoms with Crippen LogP contribution in [0.3, 0.4) is 0 Å². The second-order valence-corrected chi connectivity index (χ2v) is 4.95. The summed E-state index contributed by atoms with van der Waals surface area (Å²) in [5.41, 5.74) is 0. The second-order valence-electron chi connectivity index (χ2n) is 4.95. The molecule has 1 amide bonds. The van der Waals surface area contributed by atoms with Gasteiger partial charge in [-0.1, -0.05) is 32.1 Å². The predicted octanol–water partition coefficient (Wildman–Crippen LogP) is 2.48. The van der Waals surface area contributed by atoms with Gasteiger partial charge in [-0.05, 0) is 24.7 Å². The molecule has 14 heavy (non-hydrogen) atoms. The van der Waals surface area contributed by atoms with Crippen molar-refractivity contribution in [3.05, 3.63) is 0 Å². The van der Waals surface area contributed by atoms with Crippen molar-refractivity contribution in [3.63, 3.8) is 0 Å². The van der Waals surface area contributed by atoms with Gasteiger partial charge >= 0.3 is 0 Å². The first-order chi connectivity index (χ1) is 6.77. The maximum absolute atomic E-state index is 11.0. The van der Waals surface area contributed by atoms with Crippen LogP contribution in [0.1, 0.15) is 51.9 Å². The lowest BCUT2D eigenvalue weighted by Crippen LogP contribution is -2.38. The molecule has 0 heterocycles. The smallest absolute Gasteiger partial charge is 0.217 e. The highest BCUT2D eigenvalue weighted by Gasteiger charge is 2.35. The minimum Gasteiger partial charge on any atom is -0.353 e. The molecule has 1 N–H and O–H groups in total. The highest BCUT2D eigenvalue weighted by molar-refractivity contribution is 5.73. The zero-order valence-corrected chi connectivity index (χ0v) is 9.09. The van der Waals surface area contributed by atoms with E-state index in [-0.39, 0.29) is 5.91 Å². The molecule has 2 rings (SSSR count). The van der Waals surface area contributed by atoms with Crippen LogP contribution in [0, 0.1) is 11.8 Å². The molecule has 2 atom stereocenters. The Hall–Kier alpha value is -0.530. The quantitative estimate of drug-likeness (QED) is 0.720. The van der Waals surface area contributed by atoms with Gasteiger partial charge in [0.15, 0.2) is 0 Å². The van der Waals surface area contributed by atoms with Gasteiger partial charge in [-0.2, -0.15) is 0 Å². The first-order valence-corrected chi connectivity index (χ1v) is 6.04. The van der Waals surface area contributed by atoms with Crippen molar-refractivity contribution in [1.82, 2.24) is 5.32 Å². The van der Waals surface area contributed by atoms with Crippen molar-refractivity contribution in [2.75, 3.05) is 0 Å². The van der Waals surface area contributed by atoms with Crippen LogP contribution in [0.4, 0.5) is 0 Å². The van der Waals surface area contributed by atoms with Crippen molar-refractivity contribution in [2.24, 2.45) is 11.8 Å². The van der Waals surface area contributed by atoms with E-state index in [9.17, 15) is 4.79 Å². The summed E-state index contributed by atoms with van der Waals surface area (Å²) in [4.78, 5) is 11.0. The average molecular weight is 195 g/mol. The summed E-state index contributed by atoms with van der Waals surface area (Å²) >= 11 is 0. The summed E-state index contributed by atoms with van der Waals surface area (Å²) < 4.78 is 0. The van der Waals surface area contributed by atoms with E-state index < -0.39 is 0 Å². The second kappa shape index (κ2) is 4.33. The maximum atomic E-state index is 11.0. The zero-order chi connectivity index (χ0) is 9.97. The molecule has 0 unspecified atom stereocenters. The Morgan fingerprint density at radius 1 is 1.07 bits per heavy atom. The minimum absolute atomic E-state index is 0.153. The summed E-state index contributed by atoms with van der Waals surface area (Å²) in [6, 6.07) is 0.496. The van der Waals surface area contributed by atoms with Crippen LogP contribution in [-0.4, -0.2) is 11.9 Å². The minimum atomic E-state index is 0.153. The number of carbonyl (C=O) groups excluding carboxylic acids is 1.